The van der Waals surface area contributed by atoms with Crippen LogP contribution in [-0.4, -0.2) is 15.9 Å². The first kappa shape index (κ1) is 25.7. The predicted molar refractivity (Wildman–Crippen MR) is 125 cm³/mol. The summed E-state index contributed by atoms with van der Waals surface area (Å²) in [5.74, 6) is -0.461. The molecule has 190 valence electrons. The number of carbonyl (C=O) groups excluding carboxylic acids is 1. The average molecular weight is 527 g/mol. The molecule has 0 amide bonds. The van der Waals surface area contributed by atoms with Crippen LogP contribution in [0.15, 0.2) is 54.3 Å². The molecule has 0 saturated heterocycles. The molecule has 1 aliphatic rings. The van der Waals surface area contributed by atoms with E-state index in [1.807, 2.05) is 13.8 Å². The number of rotatable bonds is 4. The molecule has 0 unspecified atom stereocenters. The first-order valence-electron chi connectivity index (χ1n) is 10.7. The molecular weight excluding hydrogens is 506 g/mol. The zero-order valence-corrected chi connectivity index (χ0v) is 19.8. The van der Waals surface area contributed by atoms with Crippen LogP contribution in [0.25, 0.3) is 16.8 Å². The Hall–Kier alpha value is -3.34. The normalized spacial score (nSPS) is 16.4. The molecule has 0 spiro atoms. The van der Waals surface area contributed by atoms with Gasteiger partial charge in [-0.15, -0.1) is 0 Å². The van der Waals surface area contributed by atoms with Gasteiger partial charge in [-0.25, -0.2) is 4.98 Å². The number of halogens is 6. The van der Waals surface area contributed by atoms with Crippen molar-refractivity contribution >= 4 is 33.5 Å². The summed E-state index contributed by atoms with van der Waals surface area (Å²) in [6.45, 7) is 3.67. The van der Waals surface area contributed by atoms with Gasteiger partial charge in [0.25, 0.3) is 0 Å². The van der Waals surface area contributed by atoms with Gasteiger partial charge in [-0.2, -0.15) is 26.3 Å². The van der Waals surface area contributed by atoms with Crippen LogP contribution in [0.3, 0.4) is 0 Å². The Bertz CT molecular complexity index is 1310. The maximum absolute atomic E-state index is 13.3. The smallest absolute Gasteiger partial charge is 0.416 e. The Balaban J connectivity index is 1.84. The summed E-state index contributed by atoms with van der Waals surface area (Å²) in [5.41, 5.74) is -2.97. The van der Waals surface area contributed by atoms with E-state index in [-0.39, 0.29) is 51.7 Å². The minimum absolute atomic E-state index is 0.0331. The van der Waals surface area contributed by atoms with Gasteiger partial charge in [0.1, 0.15) is 5.76 Å². The van der Waals surface area contributed by atoms with E-state index in [4.69, 9.17) is 0 Å². The minimum Gasteiger partial charge on any atom is -0.511 e. The van der Waals surface area contributed by atoms with Crippen LogP contribution in [-0.2, 0) is 17.1 Å². The number of alkyl halides is 6. The quantitative estimate of drug-likeness (QED) is 0.336. The number of thiazole rings is 1. The van der Waals surface area contributed by atoms with Crippen molar-refractivity contribution in [2.75, 3.05) is 5.32 Å². The van der Waals surface area contributed by atoms with Gasteiger partial charge in [0, 0.05) is 24.1 Å². The third-order valence-corrected chi connectivity index (χ3v) is 6.58. The highest BCUT2D eigenvalue weighted by Crippen LogP contribution is 2.45. The van der Waals surface area contributed by atoms with Crippen molar-refractivity contribution in [3.63, 3.8) is 0 Å². The highest BCUT2D eigenvalue weighted by molar-refractivity contribution is 7.17. The number of carbonyl (C=O) groups is 1. The Kier molecular flexibility index (Phi) is 6.40. The third kappa shape index (κ3) is 5.40. The number of nitrogens with zero attached hydrogens (tertiary/aromatic N) is 1. The Morgan fingerprint density at radius 1 is 0.944 bits per heavy atom. The molecule has 0 aliphatic heterocycles. The molecule has 4 nitrogen and oxygen atoms in total. The molecule has 2 N–H and O–H groups in total. The van der Waals surface area contributed by atoms with Crippen molar-refractivity contribution < 1.29 is 36.2 Å². The highest BCUT2D eigenvalue weighted by Gasteiger charge is 2.38. The van der Waals surface area contributed by atoms with Crippen LogP contribution in [0.5, 0.6) is 0 Å². The lowest BCUT2D eigenvalue weighted by Crippen LogP contribution is -2.25. The number of aromatic nitrogens is 1. The van der Waals surface area contributed by atoms with E-state index in [1.54, 1.807) is 30.3 Å². The van der Waals surface area contributed by atoms with E-state index in [9.17, 15) is 36.2 Å². The average Bonchev–Trinajstić information content (AvgIpc) is 3.14. The second-order valence-electron chi connectivity index (χ2n) is 9.24. The second kappa shape index (κ2) is 8.95. The van der Waals surface area contributed by atoms with Crippen molar-refractivity contribution in [2.24, 2.45) is 5.41 Å². The van der Waals surface area contributed by atoms with E-state index in [2.05, 4.69) is 10.3 Å². The Morgan fingerprint density at radius 2 is 1.53 bits per heavy atom. The van der Waals surface area contributed by atoms with Gasteiger partial charge in [0.15, 0.2) is 10.9 Å². The monoisotopic (exact) mass is 526 g/mol. The lowest BCUT2D eigenvalue weighted by atomic mass is 9.76. The first-order chi connectivity index (χ1) is 16.6. The van der Waals surface area contributed by atoms with Gasteiger partial charge < -0.3 is 10.4 Å². The van der Waals surface area contributed by atoms with E-state index in [0.717, 1.165) is 11.3 Å². The van der Waals surface area contributed by atoms with Gasteiger partial charge in [0.2, 0.25) is 0 Å². The Labute approximate surface area is 206 Å². The number of nitrogens with one attached hydrogen (secondary N) is 1. The van der Waals surface area contributed by atoms with E-state index < -0.39 is 34.6 Å². The number of ketones is 1. The number of aliphatic hydroxyl groups excluding tert-OH is 1. The minimum atomic E-state index is -5.00. The summed E-state index contributed by atoms with van der Waals surface area (Å²) >= 11 is 0.867. The molecule has 1 aliphatic carbocycles. The summed E-state index contributed by atoms with van der Waals surface area (Å²) in [7, 11) is 0. The van der Waals surface area contributed by atoms with Crippen LogP contribution >= 0.6 is 11.3 Å². The first-order valence-corrected chi connectivity index (χ1v) is 11.5. The van der Waals surface area contributed by atoms with Crippen molar-refractivity contribution in [1.29, 1.82) is 0 Å². The number of benzene rings is 2. The van der Waals surface area contributed by atoms with Crippen LogP contribution in [0, 0.1) is 5.41 Å². The molecule has 2 aromatic carbocycles. The number of hydrogen-bond donors (Lipinski definition) is 2. The molecule has 4 rings (SSSR count). The molecule has 0 bridgehead atoms. The summed E-state index contributed by atoms with van der Waals surface area (Å²) < 4.78 is 79.7. The summed E-state index contributed by atoms with van der Waals surface area (Å²) in [6.07, 6.45) is -9.62. The van der Waals surface area contributed by atoms with Crippen molar-refractivity contribution in [3.05, 3.63) is 70.3 Å². The zero-order chi connectivity index (χ0) is 26.5. The summed E-state index contributed by atoms with van der Waals surface area (Å²) in [5, 5.41) is 13.2. The largest absolute Gasteiger partial charge is 0.511 e. The number of Topliss-reactive ketones (excluding diaryl/α,β-unsaturated/α-hetero) is 1. The topological polar surface area (TPSA) is 62.2 Å². The van der Waals surface area contributed by atoms with Gasteiger partial charge in [0.05, 0.1) is 27.3 Å². The second-order valence-corrected chi connectivity index (χ2v) is 10.2. The molecule has 0 saturated carbocycles. The fraction of sp³-hybridized carbons (Fsp3) is 0.280. The van der Waals surface area contributed by atoms with Crippen LogP contribution < -0.4 is 5.32 Å². The van der Waals surface area contributed by atoms with E-state index in [0.29, 0.717) is 17.7 Å². The van der Waals surface area contributed by atoms with Crippen molar-refractivity contribution in [3.8, 4) is 11.3 Å². The van der Waals surface area contributed by atoms with Gasteiger partial charge in [-0.05, 0) is 23.6 Å². The molecule has 36 heavy (non-hydrogen) atoms. The fourth-order valence-electron chi connectivity index (χ4n) is 4.03. The highest BCUT2D eigenvalue weighted by atomic mass is 32.1. The molecule has 0 atom stereocenters. The van der Waals surface area contributed by atoms with Gasteiger partial charge >= 0.3 is 12.4 Å². The van der Waals surface area contributed by atoms with E-state index in [1.165, 1.54) is 0 Å². The Morgan fingerprint density at radius 3 is 2.06 bits per heavy atom. The molecule has 1 aromatic heterocycles. The molecular formula is C25H20F6N2O2S. The zero-order valence-electron chi connectivity index (χ0n) is 19.0. The SMILES string of the molecule is CC1(C)CC(=O)C(c2sc(Nc3cc(C(F)(F)F)cc(C(F)(F)F)c3)nc2-c2ccccc2)=C(O)C1. The van der Waals surface area contributed by atoms with Crippen LogP contribution in [0.4, 0.5) is 37.2 Å². The molecule has 1 heterocycles. The molecule has 3 aromatic rings. The summed E-state index contributed by atoms with van der Waals surface area (Å²) in [4.78, 5) is 17.6. The van der Waals surface area contributed by atoms with E-state index >= 15 is 0 Å². The number of anilines is 2. The van der Waals surface area contributed by atoms with Gasteiger partial charge in [-0.3, -0.25) is 4.79 Å². The number of hydrogen-bond acceptors (Lipinski definition) is 5. The summed E-state index contributed by atoms with van der Waals surface area (Å²) in [6, 6.07) is 9.74. The third-order valence-electron chi connectivity index (χ3n) is 5.59. The lowest BCUT2D eigenvalue weighted by molar-refractivity contribution is -0.143. The number of allylic oxidation sites excluding steroid dienone is 2. The standard InChI is InChI=1S/C25H20F6N2O2S/c1-23(2)11-17(34)19(18(35)12-23)21-20(13-6-4-3-5-7-13)33-22(36-21)32-16-9-14(24(26,27)28)8-15(10-16)25(29,30)31/h3-10,34H,11-12H2,1-2H3,(H,32,33). The maximum Gasteiger partial charge on any atom is 0.416 e. The van der Waals surface area contributed by atoms with Crippen molar-refractivity contribution in [1.82, 2.24) is 4.98 Å². The predicted octanol–water partition coefficient (Wildman–Crippen LogP) is 8.25. The van der Waals surface area contributed by atoms with Crippen LogP contribution in [0.1, 0.15) is 42.7 Å². The fourth-order valence-corrected chi connectivity index (χ4v) is 5.12. The number of aliphatic hydroxyl groups is 1. The van der Waals surface area contributed by atoms with Gasteiger partial charge in [-0.1, -0.05) is 55.5 Å². The molecule has 11 heteroatoms. The molecule has 0 radical (unpaired) electrons. The van der Waals surface area contributed by atoms with Crippen LogP contribution in [0.2, 0.25) is 0 Å². The maximum atomic E-state index is 13.3. The van der Waals surface area contributed by atoms with Crippen molar-refractivity contribution in [2.45, 2.75) is 39.0 Å². The lowest BCUT2D eigenvalue weighted by Gasteiger charge is -2.29. The molecule has 0 fully saturated rings.